The van der Waals surface area contributed by atoms with Gasteiger partial charge in [0, 0.05) is 17.9 Å². The number of methoxy groups -OCH3 is 1. The fourth-order valence-corrected chi connectivity index (χ4v) is 2.91. The van der Waals surface area contributed by atoms with Crippen molar-refractivity contribution >= 4 is 11.6 Å². The van der Waals surface area contributed by atoms with Crippen LogP contribution >= 0.6 is 11.6 Å². The highest BCUT2D eigenvalue weighted by Crippen LogP contribution is 2.29. The second-order valence-electron chi connectivity index (χ2n) is 4.60. The third-order valence-electron chi connectivity index (χ3n) is 3.46. The van der Waals surface area contributed by atoms with Crippen molar-refractivity contribution in [3.05, 3.63) is 29.8 Å². The number of benzene rings is 1. The first kappa shape index (κ1) is 12.7. The van der Waals surface area contributed by atoms with Crippen LogP contribution in [0.15, 0.2) is 24.3 Å². The quantitative estimate of drug-likeness (QED) is 0.768. The van der Waals surface area contributed by atoms with Crippen molar-refractivity contribution in [2.24, 2.45) is 5.92 Å². The Bertz CT molecular complexity index is 367. The number of alkyl halides is 1. The summed E-state index contributed by atoms with van der Waals surface area (Å²) in [5, 5.41) is 0.139. The van der Waals surface area contributed by atoms with Gasteiger partial charge < -0.3 is 9.47 Å². The maximum absolute atomic E-state index is 6.49. The van der Waals surface area contributed by atoms with E-state index < -0.39 is 0 Å². The van der Waals surface area contributed by atoms with Crippen LogP contribution in [0.25, 0.3) is 0 Å². The Balaban J connectivity index is 1.99. The number of hydrogen-bond donors (Lipinski definition) is 0. The summed E-state index contributed by atoms with van der Waals surface area (Å²) in [6, 6.07) is 8.11. The summed E-state index contributed by atoms with van der Waals surface area (Å²) in [5.74, 6) is 1.35. The second kappa shape index (κ2) is 5.74. The Morgan fingerprint density at radius 3 is 3.00 bits per heavy atom. The van der Waals surface area contributed by atoms with Crippen molar-refractivity contribution in [3.8, 4) is 5.75 Å². The average Bonchev–Trinajstić information content (AvgIpc) is 2.76. The Morgan fingerprint density at radius 1 is 1.53 bits per heavy atom. The van der Waals surface area contributed by atoms with E-state index in [9.17, 15) is 0 Å². The van der Waals surface area contributed by atoms with E-state index in [0.717, 1.165) is 25.2 Å². The molecular weight excluding hydrogens is 236 g/mol. The van der Waals surface area contributed by atoms with E-state index in [4.69, 9.17) is 21.1 Å². The van der Waals surface area contributed by atoms with Gasteiger partial charge in [-0.05, 0) is 37.5 Å². The summed E-state index contributed by atoms with van der Waals surface area (Å²) in [7, 11) is 1.68. The number of halogens is 1. The first-order valence-corrected chi connectivity index (χ1v) is 6.53. The number of hydrogen-bond acceptors (Lipinski definition) is 2. The van der Waals surface area contributed by atoms with Crippen LogP contribution in [-0.2, 0) is 11.2 Å². The zero-order chi connectivity index (χ0) is 12.3. The standard InChI is InChI=1S/C14H19ClO2/c1-10-13(6-7-17-10)14(15)9-11-4-3-5-12(8-11)16-2/h3-5,8,10,13-14H,6-7,9H2,1-2H3. The highest BCUT2D eigenvalue weighted by atomic mass is 35.5. The summed E-state index contributed by atoms with van der Waals surface area (Å²) in [4.78, 5) is 0. The predicted octanol–water partition coefficient (Wildman–Crippen LogP) is 3.27. The van der Waals surface area contributed by atoms with Crippen LogP contribution in [0.5, 0.6) is 5.75 Å². The number of ether oxygens (including phenoxy) is 2. The van der Waals surface area contributed by atoms with E-state index in [1.807, 2.05) is 12.1 Å². The molecule has 1 aromatic rings. The van der Waals surface area contributed by atoms with Crippen LogP contribution in [0.1, 0.15) is 18.9 Å². The van der Waals surface area contributed by atoms with Gasteiger partial charge in [0.1, 0.15) is 5.75 Å². The third kappa shape index (κ3) is 3.14. The van der Waals surface area contributed by atoms with Crippen molar-refractivity contribution in [3.63, 3.8) is 0 Å². The second-order valence-corrected chi connectivity index (χ2v) is 5.16. The molecule has 0 bridgehead atoms. The highest BCUT2D eigenvalue weighted by molar-refractivity contribution is 6.21. The molecule has 17 heavy (non-hydrogen) atoms. The SMILES string of the molecule is COc1cccc(CC(Cl)C2CCOC2C)c1. The fraction of sp³-hybridized carbons (Fsp3) is 0.571. The van der Waals surface area contributed by atoms with Gasteiger partial charge in [0.15, 0.2) is 0 Å². The van der Waals surface area contributed by atoms with Crippen LogP contribution < -0.4 is 4.74 Å². The van der Waals surface area contributed by atoms with Crippen LogP contribution in [0.4, 0.5) is 0 Å². The van der Waals surface area contributed by atoms with Gasteiger partial charge in [0.25, 0.3) is 0 Å². The lowest BCUT2D eigenvalue weighted by atomic mass is 9.94. The van der Waals surface area contributed by atoms with Gasteiger partial charge in [0.2, 0.25) is 0 Å². The average molecular weight is 255 g/mol. The molecule has 1 fully saturated rings. The molecular formula is C14H19ClO2. The highest BCUT2D eigenvalue weighted by Gasteiger charge is 2.30. The molecule has 0 aliphatic carbocycles. The van der Waals surface area contributed by atoms with Gasteiger partial charge in [0.05, 0.1) is 13.2 Å². The summed E-state index contributed by atoms with van der Waals surface area (Å²) < 4.78 is 10.8. The molecule has 2 rings (SSSR count). The van der Waals surface area contributed by atoms with E-state index >= 15 is 0 Å². The summed E-state index contributed by atoms with van der Waals surface area (Å²) in [6.45, 7) is 2.95. The maximum atomic E-state index is 6.49. The molecule has 1 saturated heterocycles. The Morgan fingerprint density at radius 2 is 2.35 bits per heavy atom. The van der Waals surface area contributed by atoms with Gasteiger partial charge in [-0.3, -0.25) is 0 Å². The normalized spacial score (nSPS) is 25.8. The van der Waals surface area contributed by atoms with Crippen molar-refractivity contribution in [2.75, 3.05) is 13.7 Å². The van der Waals surface area contributed by atoms with E-state index in [1.54, 1.807) is 7.11 Å². The van der Waals surface area contributed by atoms with Gasteiger partial charge in [-0.15, -0.1) is 11.6 Å². The third-order valence-corrected chi connectivity index (χ3v) is 3.94. The van der Waals surface area contributed by atoms with Crippen LogP contribution in [0, 0.1) is 5.92 Å². The first-order valence-electron chi connectivity index (χ1n) is 6.09. The molecule has 3 heteroatoms. The monoisotopic (exact) mass is 254 g/mol. The summed E-state index contributed by atoms with van der Waals surface area (Å²) >= 11 is 6.49. The topological polar surface area (TPSA) is 18.5 Å². The molecule has 1 aliphatic heterocycles. The molecule has 0 aromatic heterocycles. The molecule has 1 heterocycles. The zero-order valence-electron chi connectivity index (χ0n) is 10.4. The molecule has 3 unspecified atom stereocenters. The van der Waals surface area contributed by atoms with E-state index in [1.165, 1.54) is 5.56 Å². The maximum Gasteiger partial charge on any atom is 0.119 e. The molecule has 94 valence electrons. The van der Waals surface area contributed by atoms with Gasteiger partial charge in [-0.1, -0.05) is 12.1 Å². The number of rotatable bonds is 4. The molecule has 0 radical (unpaired) electrons. The Labute approximate surface area is 108 Å². The molecule has 0 saturated carbocycles. The molecule has 1 aromatic carbocycles. The van der Waals surface area contributed by atoms with Crippen molar-refractivity contribution in [1.82, 2.24) is 0 Å². The van der Waals surface area contributed by atoms with Crippen molar-refractivity contribution < 1.29 is 9.47 Å². The van der Waals surface area contributed by atoms with Crippen molar-refractivity contribution in [1.29, 1.82) is 0 Å². The minimum atomic E-state index is 0.139. The summed E-state index contributed by atoms with van der Waals surface area (Å²) in [6.07, 6.45) is 2.22. The molecule has 0 amide bonds. The molecule has 3 atom stereocenters. The largest absolute Gasteiger partial charge is 0.497 e. The van der Waals surface area contributed by atoms with Crippen LogP contribution in [-0.4, -0.2) is 25.2 Å². The summed E-state index contributed by atoms with van der Waals surface area (Å²) in [5.41, 5.74) is 1.23. The lowest BCUT2D eigenvalue weighted by molar-refractivity contribution is 0.105. The molecule has 0 spiro atoms. The lowest BCUT2D eigenvalue weighted by Gasteiger charge is -2.20. The molecule has 2 nitrogen and oxygen atoms in total. The van der Waals surface area contributed by atoms with E-state index in [2.05, 4.69) is 19.1 Å². The first-order chi connectivity index (χ1) is 8.20. The van der Waals surface area contributed by atoms with Gasteiger partial charge in [-0.25, -0.2) is 0 Å². The van der Waals surface area contributed by atoms with E-state index in [-0.39, 0.29) is 11.5 Å². The minimum absolute atomic E-state index is 0.139. The van der Waals surface area contributed by atoms with Crippen molar-refractivity contribution in [2.45, 2.75) is 31.2 Å². The molecule has 0 N–H and O–H groups in total. The Kier molecular flexibility index (Phi) is 4.30. The smallest absolute Gasteiger partial charge is 0.119 e. The molecule has 1 aliphatic rings. The predicted molar refractivity (Wildman–Crippen MR) is 69.9 cm³/mol. The van der Waals surface area contributed by atoms with Crippen LogP contribution in [0.3, 0.4) is 0 Å². The van der Waals surface area contributed by atoms with Gasteiger partial charge >= 0.3 is 0 Å². The lowest BCUT2D eigenvalue weighted by Crippen LogP contribution is -2.23. The Hall–Kier alpha value is -0.730. The van der Waals surface area contributed by atoms with E-state index in [0.29, 0.717) is 5.92 Å². The van der Waals surface area contributed by atoms with Gasteiger partial charge in [-0.2, -0.15) is 0 Å². The van der Waals surface area contributed by atoms with Crippen LogP contribution in [0.2, 0.25) is 0 Å². The zero-order valence-corrected chi connectivity index (χ0v) is 11.1. The minimum Gasteiger partial charge on any atom is -0.497 e. The fourth-order valence-electron chi connectivity index (χ4n) is 2.40.